The summed E-state index contributed by atoms with van der Waals surface area (Å²) in [6.07, 6.45) is 0. The fourth-order valence-electron chi connectivity index (χ4n) is 2.81. The Morgan fingerprint density at radius 1 is 1.24 bits per heavy atom. The Balaban J connectivity index is 1.84. The van der Waals surface area contributed by atoms with Crippen molar-refractivity contribution in [2.75, 3.05) is 26.2 Å². The van der Waals surface area contributed by atoms with Crippen molar-refractivity contribution in [3.8, 4) is 0 Å². The van der Waals surface area contributed by atoms with Gasteiger partial charge in [-0.25, -0.2) is 18.5 Å². The standard InChI is InChI=1S/C13H18F2N4OS/c1-8-10(9(2)18-11(17-8)12(3,14)15)21(20)19-6-13(7-19)4-16-5-13/h16H,4-7H2,1-3H3. The van der Waals surface area contributed by atoms with Crippen LogP contribution in [0.4, 0.5) is 8.78 Å². The van der Waals surface area contributed by atoms with Gasteiger partial charge < -0.3 is 5.32 Å². The third kappa shape index (κ3) is 2.49. The molecule has 1 spiro atoms. The van der Waals surface area contributed by atoms with Crippen LogP contribution in [0.1, 0.15) is 24.1 Å². The lowest BCUT2D eigenvalue weighted by Crippen LogP contribution is -2.71. The highest BCUT2D eigenvalue weighted by Gasteiger charge is 2.50. The number of nitrogens with one attached hydrogen (secondary N) is 1. The van der Waals surface area contributed by atoms with Crippen molar-refractivity contribution >= 4 is 11.0 Å². The molecule has 0 saturated carbocycles. The lowest BCUT2D eigenvalue weighted by Gasteiger charge is -2.55. The Morgan fingerprint density at radius 2 is 1.76 bits per heavy atom. The molecule has 1 aromatic heterocycles. The molecule has 1 aromatic rings. The van der Waals surface area contributed by atoms with Crippen LogP contribution >= 0.6 is 0 Å². The highest BCUT2D eigenvalue weighted by atomic mass is 32.2. The summed E-state index contributed by atoms with van der Waals surface area (Å²) in [5.41, 5.74) is 0.990. The Hall–Kier alpha value is -0.990. The molecule has 3 rings (SSSR count). The number of hydrogen-bond acceptors (Lipinski definition) is 4. The van der Waals surface area contributed by atoms with Crippen molar-refractivity contribution in [3.63, 3.8) is 0 Å². The highest BCUT2D eigenvalue weighted by molar-refractivity contribution is 7.82. The molecule has 21 heavy (non-hydrogen) atoms. The van der Waals surface area contributed by atoms with Crippen LogP contribution in [0.3, 0.4) is 0 Å². The monoisotopic (exact) mass is 316 g/mol. The maximum absolute atomic E-state index is 13.3. The first-order valence-corrected chi connectivity index (χ1v) is 7.94. The molecular weight excluding hydrogens is 298 g/mol. The average molecular weight is 316 g/mol. The zero-order chi connectivity index (χ0) is 15.4. The van der Waals surface area contributed by atoms with Crippen LogP contribution in [0.25, 0.3) is 0 Å². The van der Waals surface area contributed by atoms with Gasteiger partial charge in [-0.3, -0.25) is 0 Å². The fourth-order valence-corrected chi connectivity index (χ4v) is 4.44. The zero-order valence-corrected chi connectivity index (χ0v) is 13.1. The summed E-state index contributed by atoms with van der Waals surface area (Å²) in [5.74, 6) is -3.60. The van der Waals surface area contributed by atoms with Crippen LogP contribution in [0.5, 0.6) is 0 Å². The molecule has 0 aliphatic carbocycles. The Kier molecular flexibility index (Phi) is 3.38. The average Bonchev–Trinajstić information content (AvgIpc) is 2.22. The van der Waals surface area contributed by atoms with Gasteiger partial charge in [-0.1, -0.05) is 0 Å². The molecule has 0 bridgehead atoms. The SMILES string of the molecule is Cc1nc(C(C)(F)F)nc(C)c1S(=O)N1CC2(CNC2)C1. The number of halogens is 2. The van der Waals surface area contributed by atoms with Crippen LogP contribution in [0.15, 0.2) is 4.90 Å². The number of aryl methyl sites for hydroxylation is 2. The van der Waals surface area contributed by atoms with Crippen molar-refractivity contribution in [2.45, 2.75) is 31.6 Å². The van der Waals surface area contributed by atoms with Gasteiger partial charge in [-0.05, 0) is 13.8 Å². The molecule has 2 aliphatic rings. The summed E-state index contributed by atoms with van der Waals surface area (Å²) >= 11 is 0. The van der Waals surface area contributed by atoms with Gasteiger partial charge in [0.1, 0.15) is 11.0 Å². The zero-order valence-electron chi connectivity index (χ0n) is 12.2. The van der Waals surface area contributed by atoms with E-state index in [2.05, 4.69) is 15.3 Å². The molecule has 3 heterocycles. The number of rotatable bonds is 3. The summed E-state index contributed by atoms with van der Waals surface area (Å²) < 4.78 is 41.1. The lowest BCUT2D eigenvalue weighted by atomic mass is 9.76. The topological polar surface area (TPSA) is 58.1 Å². The van der Waals surface area contributed by atoms with E-state index in [9.17, 15) is 13.0 Å². The summed E-state index contributed by atoms with van der Waals surface area (Å²) in [6.45, 7) is 7.41. The molecule has 8 heteroatoms. The Bertz CT molecular complexity index is 582. The van der Waals surface area contributed by atoms with E-state index < -0.39 is 22.7 Å². The molecule has 0 aromatic carbocycles. The van der Waals surface area contributed by atoms with E-state index in [1.807, 2.05) is 4.31 Å². The number of nitrogens with zero attached hydrogens (tertiary/aromatic N) is 3. The quantitative estimate of drug-likeness (QED) is 0.908. The summed E-state index contributed by atoms with van der Waals surface area (Å²) in [7, 11) is -1.38. The Morgan fingerprint density at radius 3 is 2.14 bits per heavy atom. The first-order valence-electron chi connectivity index (χ1n) is 6.83. The summed E-state index contributed by atoms with van der Waals surface area (Å²) in [6, 6.07) is 0. The van der Waals surface area contributed by atoms with Crippen LogP contribution < -0.4 is 5.32 Å². The van der Waals surface area contributed by atoms with E-state index in [1.54, 1.807) is 13.8 Å². The molecule has 2 saturated heterocycles. The van der Waals surface area contributed by atoms with Crippen molar-refractivity contribution in [2.24, 2.45) is 5.41 Å². The van der Waals surface area contributed by atoms with Gasteiger partial charge in [-0.15, -0.1) is 0 Å². The third-order valence-electron chi connectivity index (χ3n) is 4.03. The second-order valence-corrected chi connectivity index (χ2v) is 7.51. The number of alkyl halides is 2. The largest absolute Gasteiger partial charge is 0.315 e. The van der Waals surface area contributed by atoms with Crippen LogP contribution in [0.2, 0.25) is 0 Å². The van der Waals surface area contributed by atoms with Crippen LogP contribution in [0, 0.1) is 19.3 Å². The first-order chi connectivity index (χ1) is 9.72. The van der Waals surface area contributed by atoms with Gasteiger partial charge in [0.15, 0.2) is 5.82 Å². The van der Waals surface area contributed by atoms with E-state index in [-0.39, 0.29) is 5.41 Å². The van der Waals surface area contributed by atoms with Gasteiger partial charge in [0.25, 0.3) is 0 Å². The van der Waals surface area contributed by atoms with Crippen LogP contribution in [-0.4, -0.2) is 44.7 Å². The van der Waals surface area contributed by atoms with Gasteiger partial charge in [0.2, 0.25) is 0 Å². The molecule has 1 atom stereocenters. The van der Waals surface area contributed by atoms with E-state index in [4.69, 9.17) is 0 Å². The molecule has 116 valence electrons. The number of hydrogen-bond donors (Lipinski definition) is 1. The van der Waals surface area contributed by atoms with Crippen molar-refractivity contribution in [1.82, 2.24) is 19.6 Å². The second-order valence-electron chi connectivity index (χ2n) is 6.09. The molecule has 0 radical (unpaired) electrons. The molecule has 1 unspecified atom stereocenters. The van der Waals surface area contributed by atoms with E-state index in [0.29, 0.717) is 16.3 Å². The first kappa shape index (κ1) is 14.9. The summed E-state index contributed by atoms with van der Waals surface area (Å²) in [5, 5.41) is 3.22. The molecular formula is C13H18F2N4OS. The minimum absolute atomic E-state index is 0.259. The second kappa shape index (κ2) is 4.76. The maximum Gasteiger partial charge on any atom is 0.303 e. The molecule has 2 fully saturated rings. The lowest BCUT2D eigenvalue weighted by molar-refractivity contribution is 0.00704. The van der Waals surface area contributed by atoms with Crippen molar-refractivity contribution < 1.29 is 13.0 Å². The van der Waals surface area contributed by atoms with Crippen LogP contribution in [-0.2, 0) is 16.9 Å². The Labute approximate surface area is 124 Å². The molecule has 1 N–H and O–H groups in total. The fraction of sp³-hybridized carbons (Fsp3) is 0.692. The maximum atomic E-state index is 13.3. The molecule has 5 nitrogen and oxygen atoms in total. The normalized spacial score (nSPS) is 22.7. The van der Waals surface area contributed by atoms with E-state index in [1.165, 1.54) is 0 Å². The van der Waals surface area contributed by atoms with E-state index in [0.717, 1.165) is 33.1 Å². The molecule has 0 amide bonds. The minimum atomic E-state index is -3.09. The number of aromatic nitrogens is 2. The minimum Gasteiger partial charge on any atom is -0.315 e. The highest BCUT2D eigenvalue weighted by Crippen LogP contribution is 2.37. The van der Waals surface area contributed by atoms with Gasteiger partial charge in [0, 0.05) is 38.5 Å². The summed E-state index contributed by atoms with van der Waals surface area (Å²) in [4.78, 5) is 8.15. The third-order valence-corrected chi connectivity index (χ3v) is 5.70. The van der Waals surface area contributed by atoms with Gasteiger partial charge in [-0.2, -0.15) is 8.78 Å². The predicted molar refractivity (Wildman–Crippen MR) is 74.4 cm³/mol. The predicted octanol–water partition coefficient (Wildman–Crippen LogP) is 1.13. The van der Waals surface area contributed by atoms with Crippen molar-refractivity contribution in [3.05, 3.63) is 17.2 Å². The van der Waals surface area contributed by atoms with Gasteiger partial charge in [0.05, 0.1) is 16.3 Å². The van der Waals surface area contributed by atoms with E-state index >= 15 is 0 Å². The van der Waals surface area contributed by atoms with Crippen molar-refractivity contribution in [1.29, 1.82) is 0 Å². The smallest absolute Gasteiger partial charge is 0.303 e. The van der Waals surface area contributed by atoms with Gasteiger partial charge >= 0.3 is 5.92 Å². The molecule has 2 aliphatic heterocycles.